The molecule has 1 aliphatic carbocycles. The Bertz CT molecular complexity index is 180. The predicted molar refractivity (Wildman–Crippen MR) is 69.6 cm³/mol. The van der Waals surface area contributed by atoms with E-state index in [2.05, 4.69) is 17.6 Å². The summed E-state index contributed by atoms with van der Waals surface area (Å²) in [4.78, 5) is 0. The number of rotatable bonds is 5. The van der Waals surface area contributed by atoms with E-state index in [4.69, 9.17) is 0 Å². The van der Waals surface area contributed by atoms with Crippen LogP contribution in [0.25, 0.3) is 0 Å². The lowest BCUT2D eigenvalue weighted by Gasteiger charge is -2.23. The molecule has 1 saturated heterocycles. The van der Waals surface area contributed by atoms with Gasteiger partial charge in [-0.3, -0.25) is 0 Å². The molecule has 3 unspecified atom stereocenters. The Morgan fingerprint density at radius 3 is 2.88 bits per heavy atom. The van der Waals surface area contributed by atoms with Crippen LogP contribution >= 0.6 is 0 Å². The molecule has 3 atom stereocenters. The third-order valence-electron chi connectivity index (χ3n) is 4.32. The highest BCUT2D eigenvalue weighted by molar-refractivity contribution is 4.78. The average molecular weight is 224 g/mol. The molecule has 2 fully saturated rings. The van der Waals surface area contributed by atoms with Crippen LogP contribution in [0.4, 0.5) is 0 Å². The maximum absolute atomic E-state index is 3.73. The smallest absolute Gasteiger partial charge is 0.00696 e. The lowest BCUT2D eigenvalue weighted by molar-refractivity contribution is 0.344. The van der Waals surface area contributed by atoms with Gasteiger partial charge in [-0.15, -0.1) is 0 Å². The van der Waals surface area contributed by atoms with Crippen LogP contribution in [0, 0.1) is 11.8 Å². The molecular weight excluding hydrogens is 196 g/mol. The Hall–Kier alpha value is -0.0800. The van der Waals surface area contributed by atoms with Crippen LogP contribution in [-0.2, 0) is 0 Å². The largest absolute Gasteiger partial charge is 0.316 e. The fourth-order valence-corrected chi connectivity index (χ4v) is 3.26. The van der Waals surface area contributed by atoms with Gasteiger partial charge in [0.05, 0.1) is 0 Å². The van der Waals surface area contributed by atoms with Crippen molar-refractivity contribution in [3.63, 3.8) is 0 Å². The molecule has 0 amide bonds. The molecule has 2 aliphatic rings. The highest BCUT2D eigenvalue weighted by Crippen LogP contribution is 2.24. The van der Waals surface area contributed by atoms with E-state index in [1.165, 1.54) is 64.6 Å². The molecule has 1 heterocycles. The third-order valence-corrected chi connectivity index (χ3v) is 4.32. The molecule has 0 radical (unpaired) electrons. The Labute approximate surface area is 101 Å². The van der Waals surface area contributed by atoms with Crippen molar-refractivity contribution < 1.29 is 0 Å². The standard InChI is InChI=1S/C14H28N2/c1-12-6-7-14(10-12)16-9-3-5-13-4-2-8-15-11-13/h12-16H,2-11H2,1H3. The molecular formula is C14H28N2. The summed E-state index contributed by atoms with van der Waals surface area (Å²) in [6.07, 6.45) is 9.88. The Kier molecular flexibility index (Phi) is 5.11. The summed E-state index contributed by atoms with van der Waals surface area (Å²) in [6, 6.07) is 0.833. The summed E-state index contributed by atoms with van der Waals surface area (Å²) >= 11 is 0. The van der Waals surface area contributed by atoms with E-state index in [1.807, 2.05) is 0 Å². The maximum atomic E-state index is 3.73. The summed E-state index contributed by atoms with van der Waals surface area (Å²) in [6.45, 7) is 6.14. The van der Waals surface area contributed by atoms with Gasteiger partial charge >= 0.3 is 0 Å². The Morgan fingerprint density at radius 2 is 2.19 bits per heavy atom. The van der Waals surface area contributed by atoms with Gasteiger partial charge in [0.2, 0.25) is 0 Å². The van der Waals surface area contributed by atoms with Crippen molar-refractivity contribution in [1.82, 2.24) is 10.6 Å². The molecule has 2 rings (SSSR count). The number of hydrogen-bond donors (Lipinski definition) is 2. The zero-order chi connectivity index (χ0) is 11.2. The van der Waals surface area contributed by atoms with E-state index < -0.39 is 0 Å². The van der Waals surface area contributed by atoms with Crippen molar-refractivity contribution in [2.24, 2.45) is 11.8 Å². The van der Waals surface area contributed by atoms with Crippen LogP contribution in [0.2, 0.25) is 0 Å². The second-order valence-electron chi connectivity index (χ2n) is 5.92. The van der Waals surface area contributed by atoms with Gasteiger partial charge in [0.1, 0.15) is 0 Å². The number of piperidine rings is 1. The first kappa shape index (κ1) is 12.4. The quantitative estimate of drug-likeness (QED) is 0.701. The van der Waals surface area contributed by atoms with E-state index in [0.29, 0.717) is 0 Å². The first-order valence-electron chi connectivity index (χ1n) is 7.28. The van der Waals surface area contributed by atoms with Crippen molar-refractivity contribution in [3.8, 4) is 0 Å². The summed E-state index contributed by atoms with van der Waals surface area (Å²) in [5, 5.41) is 7.23. The first-order chi connectivity index (χ1) is 7.84. The van der Waals surface area contributed by atoms with Gasteiger partial charge in [0.15, 0.2) is 0 Å². The van der Waals surface area contributed by atoms with Gasteiger partial charge in [0, 0.05) is 6.04 Å². The zero-order valence-corrected chi connectivity index (χ0v) is 10.8. The minimum absolute atomic E-state index is 0.833. The molecule has 2 N–H and O–H groups in total. The molecule has 0 aromatic heterocycles. The van der Waals surface area contributed by atoms with Gasteiger partial charge in [-0.25, -0.2) is 0 Å². The average Bonchev–Trinajstić information content (AvgIpc) is 2.72. The molecule has 1 saturated carbocycles. The van der Waals surface area contributed by atoms with E-state index in [-0.39, 0.29) is 0 Å². The van der Waals surface area contributed by atoms with Crippen molar-refractivity contribution in [2.75, 3.05) is 19.6 Å². The normalized spacial score (nSPS) is 35.4. The van der Waals surface area contributed by atoms with E-state index in [1.54, 1.807) is 0 Å². The first-order valence-corrected chi connectivity index (χ1v) is 7.28. The molecule has 0 aromatic carbocycles. The second kappa shape index (κ2) is 6.61. The summed E-state index contributed by atoms with van der Waals surface area (Å²) in [5.74, 6) is 1.91. The molecule has 1 aliphatic heterocycles. The molecule has 0 aromatic rings. The van der Waals surface area contributed by atoms with Crippen LogP contribution in [0.1, 0.15) is 51.9 Å². The van der Waals surface area contributed by atoms with Crippen molar-refractivity contribution in [1.29, 1.82) is 0 Å². The van der Waals surface area contributed by atoms with Crippen LogP contribution in [0.3, 0.4) is 0 Å². The van der Waals surface area contributed by atoms with E-state index in [9.17, 15) is 0 Å². The zero-order valence-electron chi connectivity index (χ0n) is 10.8. The predicted octanol–water partition coefficient (Wildman–Crippen LogP) is 2.54. The molecule has 0 spiro atoms. The van der Waals surface area contributed by atoms with E-state index >= 15 is 0 Å². The molecule has 2 nitrogen and oxygen atoms in total. The SMILES string of the molecule is CC1CCC(NCCCC2CCCNC2)C1. The monoisotopic (exact) mass is 224 g/mol. The topological polar surface area (TPSA) is 24.1 Å². The third kappa shape index (κ3) is 4.06. The highest BCUT2D eigenvalue weighted by Gasteiger charge is 2.20. The van der Waals surface area contributed by atoms with Crippen LogP contribution in [0.15, 0.2) is 0 Å². The Morgan fingerprint density at radius 1 is 1.25 bits per heavy atom. The molecule has 0 bridgehead atoms. The summed E-state index contributed by atoms with van der Waals surface area (Å²) < 4.78 is 0. The fourth-order valence-electron chi connectivity index (χ4n) is 3.26. The minimum Gasteiger partial charge on any atom is -0.316 e. The van der Waals surface area contributed by atoms with Crippen molar-refractivity contribution >= 4 is 0 Å². The van der Waals surface area contributed by atoms with Crippen molar-refractivity contribution in [3.05, 3.63) is 0 Å². The number of hydrogen-bond acceptors (Lipinski definition) is 2. The molecule has 2 heteroatoms. The lowest BCUT2D eigenvalue weighted by atomic mass is 9.95. The van der Waals surface area contributed by atoms with E-state index in [0.717, 1.165) is 17.9 Å². The minimum atomic E-state index is 0.833. The van der Waals surface area contributed by atoms with Crippen LogP contribution < -0.4 is 10.6 Å². The van der Waals surface area contributed by atoms with Crippen LogP contribution in [-0.4, -0.2) is 25.7 Å². The van der Waals surface area contributed by atoms with Crippen molar-refractivity contribution in [2.45, 2.75) is 57.9 Å². The highest BCUT2D eigenvalue weighted by atomic mass is 14.9. The number of nitrogens with one attached hydrogen (secondary N) is 2. The van der Waals surface area contributed by atoms with Gasteiger partial charge in [-0.1, -0.05) is 6.92 Å². The van der Waals surface area contributed by atoms with Crippen LogP contribution in [0.5, 0.6) is 0 Å². The molecule has 94 valence electrons. The van der Waals surface area contributed by atoms with Gasteiger partial charge in [-0.05, 0) is 76.4 Å². The fraction of sp³-hybridized carbons (Fsp3) is 1.00. The van der Waals surface area contributed by atoms with Gasteiger partial charge < -0.3 is 10.6 Å². The maximum Gasteiger partial charge on any atom is 0.00696 e. The summed E-state index contributed by atoms with van der Waals surface area (Å²) in [5.41, 5.74) is 0. The van der Waals surface area contributed by atoms with Gasteiger partial charge in [-0.2, -0.15) is 0 Å². The Balaban J connectivity index is 1.48. The second-order valence-corrected chi connectivity index (χ2v) is 5.92. The summed E-state index contributed by atoms with van der Waals surface area (Å²) in [7, 11) is 0. The lowest BCUT2D eigenvalue weighted by Crippen LogP contribution is -2.31. The molecule has 16 heavy (non-hydrogen) atoms. The van der Waals surface area contributed by atoms with Gasteiger partial charge in [0.25, 0.3) is 0 Å².